The van der Waals surface area contributed by atoms with Gasteiger partial charge in [0.25, 0.3) is 5.69 Å². The SMILES string of the molecule is NCC1CCCC1COCCc1ccccc1[N+](=O)[O-]. The van der Waals surface area contributed by atoms with Gasteiger partial charge in [-0.25, -0.2) is 0 Å². The summed E-state index contributed by atoms with van der Waals surface area (Å²) in [5.41, 5.74) is 6.66. The van der Waals surface area contributed by atoms with Crippen molar-refractivity contribution < 1.29 is 9.66 Å². The third-order valence-electron chi connectivity index (χ3n) is 4.16. The van der Waals surface area contributed by atoms with Crippen LogP contribution in [0, 0.1) is 22.0 Å². The molecule has 0 heterocycles. The maximum Gasteiger partial charge on any atom is 0.272 e. The molecular formula is C15H22N2O3. The number of rotatable bonds is 7. The molecule has 0 spiro atoms. The Kier molecular flexibility index (Phi) is 5.49. The lowest BCUT2D eigenvalue weighted by Crippen LogP contribution is -2.22. The molecule has 0 radical (unpaired) electrons. The zero-order valence-corrected chi connectivity index (χ0v) is 11.7. The molecule has 5 nitrogen and oxygen atoms in total. The van der Waals surface area contributed by atoms with E-state index in [1.54, 1.807) is 12.1 Å². The molecule has 0 bridgehead atoms. The van der Waals surface area contributed by atoms with E-state index in [2.05, 4.69) is 0 Å². The third kappa shape index (κ3) is 3.77. The van der Waals surface area contributed by atoms with Crippen LogP contribution >= 0.6 is 0 Å². The molecule has 1 fully saturated rings. The van der Waals surface area contributed by atoms with Crippen LogP contribution in [0.2, 0.25) is 0 Å². The second-order valence-corrected chi connectivity index (χ2v) is 5.40. The Hall–Kier alpha value is -1.46. The molecule has 20 heavy (non-hydrogen) atoms. The summed E-state index contributed by atoms with van der Waals surface area (Å²) in [6, 6.07) is 6.84. The van der Waals surface area contributed by atoms with Crippen molar-refractivity contribution in [1.29, 1.82) is 0 Å². The number of nitrogens with two attached hydrogens (primary N) is 1. The lowest BCUT2D eigenvalue weighted by atomic mass is 9.97. The molecular weight excluding hydrogens is 256 g/mol. The Morgan fingerprint density at radius 2 is 2.05 bits per heavy atom. The molecule has 2 rings (SSSR count). The number of benzene rings is 1. The van der Waals surface area contributed by atoms with Crippen LogP contribution in [-0.2, 0) is 11.2 Å². The van der Waals surface area contributed by atoms with Gasteiger partial charge in [0.2, 0.25) is 0 Å². The number of nitro benzene ring substituents is 1. The van der Waals surface area contributed by atoms with Crippen LogP contribution in [0.3, 0.4) is 0 Å². The molecule has 1 aromatic carbocycles. The van der Waals surface area contributed by atoms with E-state index in [0.29, 0.717) is 24.9 Å². The van der Waals surface area contributed by atoms with Gasteiger partial charge < -0.3 is 10.5 Å². The van der Waals surface area contributed by atoms with Crippen molar-refractivity contribution in [3.63, 3.8) is 0 Å². The van der Waals surface area contributed by atoms with Crippen LogP contribution in [0.5, 0.6) is 0 Å². The van der Waals surface area contributed by atoms with Crippen LogP contribution in [0.15, 0.2) is 24.3 Å². The topological polar surface area (TPSA) is 78.4 Å². The first-order valence-corrected chi connectivity index (χ1v) is 7.22. The molecule has 0 saturated heterocycles. The van der Waals surface area contributed by atoms with Crippen LogP contribution in [0.4, 0.5) is 5.69 Å². The summed E-state index contributed by atoms with van der Waals surface area (Å²) in [5, 5.41) is 10.9. The Morgan fingerprint density at radius 1 is 1.30 bits per heavy atom. The maximum atomic E-state index is 10.9. The number of nitrogens with zero attached hydrogens (tertiary/aromatic N) is 1. The van der Waals surface area contributed by atoms with E-state index >= 15 is 0 Å². The second-order valence-electron chi connectivity index (χ2n) is 5.40. The first kappa shape index (κ1) is 14.9. The third-order valence-corrected chi connectivity index (χ3v) is 4.16. The number of hydrogen-bond donors (Lipinski definition) is 1. The van der Waals surface area contributed by atoms with Crippen LogP contribution in [-0.4, -0.2) is 24.7 Å². The predicted molar refractivity (Wildman–Crippen MR) is 77.5 cm³/mol. The van der Waals surface area contributed by atoms with Gasteiger partial charge in [0.05, 0.1) is 11.5 Å². The van der Waals surface area contributed by atoms with Gasteiger partial charge in [-0.2, -0.15) is 0 Å². The molecule has 0 amide bonds. The first-order valence-electron chi connectivity index (χ1n) is 7.22. The fraction of sp³-hybridized carbons (Fsp3) is 0.600. The van der Waals surface area contributed by atoms with Crippen LogP contribution in [0.25, 0.3) is 0 Å². The van der Waals surface area contributed by atoms with Crippen molar-refractivity contribution in [3.8, 4) is 0 Å². The van der Waals surface area contributed by atoms with Gasteiger partial charge in [-0.15, -0.1) is 0 Å². The Morgan fingerprint density at radius 3 is 2.80 bits per heavy atom. The number of hydrogen-bond acceptors (Lipinski definition) is 4. The molecule has 0 aromatic heterocycles. The van der Waals surface area contributed by atoms with E-state index in [9.17, 15) is 10.1 Å². The van der Waals surface area contributed by atoms with Gasteiger partial charge in [0.1, 0.15) is 0 Å². The predicted octanol–water partition coefficient (Wildman–Crippen LogP) is 2.53. The lowest BCUT2D eigenvalue weighted by Gasteiger charge is -2.17. The molecule has 2 atom stereocenters. The first-order chi connectivity index (χ1) is 9.72. The van der Waals surface area contributed by atoms with E-state index < -0.39 is 0 Å². The second kappa shape index (κ2) is 7.36. The van der Waals surface area contributed by atoms with E-state index in [1.165, 1.54) is 25.3 Å². The molecule has 2 unspecified atom stereocenters. The minimum Gasteiger partial charge on any atom is -0.381 e. The Balaban J connectivity index is 1.77. The molecule has 110 valence electrons. The highest BCUT2D eigenvalue weighted by Crippen LogP contribution is 2.31. The average Bonchev–Trinajstić information content (AvgIpc) is 2.91. The van der Waals surface area contributed by atoms with Gasteiger partial charge in [-0.05, 0) is 31.2 Å². The summed E-state index contributed by atoms with van der Waals surface area (Å²) < 4.78 is 5.71. The summed E-state index contributed by atoms with van der Waals surface area (Å²) in [4.78, 5) is 10.6. The molecule has 1 aliphatic carbocycles. The molecule has 1 aromatic rings. The van der Waals surface area contributed by atoms with Gasteiger partial charge in [0, 0.05) is 24.7 Å². The normalized spacial score (nSPS) is 22.1. The van der Waals surface area contributed by atoms with Gasteiger partial charge in [-0.1, -0.05) is 24.6 Å². The number of nitro groups is 1. The molecule has 1 saturated carbocycles. The molecule has 1 aliphatic rings. The average molecular weight is 278 g/mol. The monoisotopic (exact) mass is 278 g/mol. The Labute approximate surface area is 119 Å². The molecule has 2 N–H and O–H groups in total. The van der Waals surface area contributed by atoms with E-state index in [4.69, 9.17) is 10.5 Å². The molecule has 5 heteroatoms. The Bertz CT molecular complexity index is 450. The van der Waals surface area contributed by atoms with Crippen LogP contribution in [0.1, 0.15) is 24.8 Å². The van der Waals surface area contributed by atoms with Gasteiger partial charge >= 0.3 is 0 Å². The summed E-state index contributed by atoms with van der Waals surface area (Å²) in [6.07, 6.45) is 4.21. The van der Waals surface area contributed by atoms with Crippen LogP contribution < -0.4 is 5.73 Å². The maximum absolute atomic E-state index is 10.9. The van der Waals surface area contributed by atoms with Crippen molar-refractivity contribution in [2.75, 3.05) is 19.8 Å². The number of para-hydroxylation sites is 1. The van der Waals surface area contributed by atoms with E-state index in [0.717, 1.165) is 18.7 Å². The molecule has 0 aliphatic heterocycles. The summed E-state index contributed by atoms with van der Waals surface area (Å²) in [6.45, 7) is 1.99. The minimum atomic E-state index is -0.337. The van der Waals surface area contributed by atoms with Gasteiger partial charge in [-0.3, -0.25) is 10.1 Å². The summed E-state index contributed by atoms with van der Waals surface area (Å²) >= 11 is 0. The highest BCUT2D eigenvalue weighted by Gasteiger charge is 2.25. The largest absolute Gasteiger partial charge is 0.381 e. The quantitative estimate of drug-likeness (QED) is 0.472. The van der Waals surface area contributed by atoms with Crippen molar-refractivity contribution in [3.05, 3.63) is 39.9 Å². The van der Waals surface area contributed by atoms with Gasteiger partial charge in [0.15, 0.2) is 0 Å². The zero-order valence-electron chi connectivity index (χ0n) is 11.7. The standard InChI is InChI=1S/C15H22N2O3/c16-10-13-5-3-6-14(13)11-20-9-8-12-4-1-2-7-15(12)17(18)19/h1-2,4,7,13-14H,3,5-6,8-11,16H2. The summed E-state index contributed by atoms with van der Waals surface area (Å²) in [7, 11) is 0. The highest BCUT2D eigenvalue weighted by atomic mass is 16.6. The highest BCUT2D eigenvalue weighted by molar-refractivity contribution is 5.39. The lowest BCUT2D eigenvalue weighted by molar-refractivity contribution is -0.385. The zero-order chi connectivity index (χ0) is 14.4. The van der Waals surface area contributed by atoms with Crippen molar-refractivity contribution in [2.45, 2.75) is 25.7 Å². The number of ether oxygens (including phenoxy) is 1. The van der Waals surface area contributed by atoms with E-state index in [-0.39, 0.29) is 10.6 Å². The fourth-order valence-corrected chi connectivity index (χ4v) is 2.96. The summed E-state index contributed by atoms with van der Waals surface area (Å²) in [5.74, 6) is 1.15. The van der Waals surface area contributed by atoms with Crippen molar-refractivity contribution in [1.82, 2.24) is 0 Å². The van der Waals surface area contributed by atoms with Crippen molar-refractivity contribution >= 4 is 5.69 Å². The minimum absolute atomic E-state index is 0.178. The van der Waals surface area contributed by atoms with Crippen molar-refractivity contribution in [2.24, 2.45) is 17.6 Å². The fourth-order valence-electron chi connectivity index (χ4n) is 2.96. The smallest absolute Gasteiger partial charge is 0.272 e. The van der Waals surface area contributed by atoms with E-state index in [1.807, 2.05) is 6.07 Å².